The predicted molar refractivity (Wildman–Crippen MR) is 254 cm³/mol. The molecule has 0 N–H and O–H groups in total. The fourth-order valence-corrected chi connectivity index (χ4v) is 9.22. The number of oxazole rings is 1. The van der Waals surface area contributed by atoms with Gasteiger partial charge in [-0.25, -0.2) is 4.98 Å². The first kappa shape index (κ1) is 34.8. The summed E-state index contributed by atoms with van der Waals surface area (Å²) >= 11 is 0. The van der Waals surface area contributed by atoms with E-state index in [9.17, 15) is 0 Å². The van der Waals surface area contributed by atoms with Crippen molar-refractivity contribution in [1.29, 1.82) is 0 Å². The number of rotatable bonds is 7. The normalized spacial score (nSPS) is 11.6. The fraction of sp³-hybridized carbons (Fsp3) is 0. The third-order valence-corrected chi connectivity index (χ3v) is 12.0. The lowest BCUT2D eigenvalue weighted by atomic mass is 9.97. The summed E-state index contributed by atoms with van der Waals surface area (Å²) in [5, 5.41) is 7.21. The molecule has 0 aliphatic heterocycles. The van der Waals surface area contributed by atoms with Gasteiger partial charge in [-0.3, -0.25) is 0 Å². The highest BCUT2D eigenvalue weighted by atomic mass is 16.3. The van der Waals surface area contributed by atoms with Crippen LogP contribution in [0.4, 0.5) is 17.1 Å². The molecule has 0 fully saturated rings. The Morgan fingerprint density at radius 1 is 0.426 bits per heavy atom. The molecule has 0 amide bonds. The van der Waals surface area contributed by atoms with Gasteiger partial charge < -0.3 is 13.9 Å². The Balaban J connectivity index is 1.12. The first-order valence-corrected chi connectivity index (χ1v) is 20.7. The number of nitrogens with zero attached hydrogens (tertiary/aromatic N) is 3. The molecule has 0 saturated carbocycles. The van der Waals surface area contributed by atoms with Crippen molar-refractivity contribution in [2.24, 2.45) is 0 Å². The number of hydrogen-bond acceptors (Lipinski definition) is 3. The van der Waals surface area contributed by atoms with Crippen molar-refractivity contribution in [3.05, 3.63) is 224 Å². The Bertz CT molecular complexity index is 3580. The first-order chi connectivity index (χ1) is 30.3. The fourth-order valence-electron chi connectivity index (χ4n) is 9.22. The zero-order valence-electron chi connectivity index (χ0n) is 33.1. The van der Waals surface area contributed by atoms with Gasteiger partial charge >= 0.3 is 0 Å². The van der Waals surface area contributed by atoms with Gasteiger partial charge in [-0.15, -0.1) is 0 Å². The SMILES string of the molecule is c1ccc(-c2nc3cccc(-c4cccc(N(c5ccc(-c6cccc7ccccc67)cc5)c5cc6ccccc6c6c5c5ccccc5n6-c5ccccc5)c4)c3o2)cc1. The van der Waals surface area contributed by atoms with Crippen molar-refractivity contribution in [2.75, 3.05) is 4.90 Å². The standard InChI is InChI=1S/C57H37N3O/c1-3-17-40(18-4-1)57-58-51-30-15-29-49(56(51)61-57)41-21-13-24-45(36-41)59(44-34-32-39(33-35-44)47-28-14-20-38-16-7-9-25-46(38)47)53-37-42-19-8-10-26-48(42)55-54(53)50-27-11-12-31-52(50)60(55)43-22-5-2-6-23-43/h1-37H. The van der Waals surface area contributed by atoms with E-state index in [1.165, 1.54) is 49.0 Å². The van der Waals surface area contributed by atoms with Gasteiger partial charge in [-0.05, 0) is 99.6 Å². The molecule has 286 valence electrons. The molecule has 2 aromatic heterocycles. The number of benzene rings is 10. The second-order valence-electron chi connectivity index (χ2n) is 15.5. The van der Waals surface area contributed by atoms with E-state index in [0.29, 0.717) is 5.89 Å². The predicted octanol–water partition coefficient (Wildman–Crippen LogP) is 15.7. The van der Waals surface area contributed by atoms with Gasteiger partial charge in [0.25, 0.3) is 0 Å². The summed E-state index contributed by atoms with van der Waals surface area (Å²) in [7, 11) is 0. The summed E-state index contributed by atoms with van der Waals surface area (Å²) < 4.78 is 9.00. The van der Waals surface area contributed by atoms with Gasteiger partial charge in [0.2, 0.25) is 5.89 Å². The van der Waals surface area contributed by atoms with E-state index in [1.54, 1.807) is 0 Å². The molecule has 2 heterocycles. The molecule has 0 saturated heterocycles. The molecule has 0 atom stereocenters. The maximum Gasteiger partial charge on any atom is 0.227 e. The van der Waals surface area contributed by atoms with Crippen LogP contribution in [0.3, 0.4) is 0 Å². The summed E-state index contributed by atoms with van der Waals surface area (Å²) in [5.41, 5.74) is 13.6. The third-order valence-electron chi connectivity index (χ3n) is 12.0. The molecule has 12 rings (SSSR count). The Labute approximate surface area is 352 Å². The van der Waals surface area contributed by atoms with Crippen LogP contribution in [-0.4, -0.2) is 9.55 Å². The molecule has 0 spiro atoms. The number of hydrogen-bond donors (Lipinski definition) is 0. The molecule has 0 aliphatic carbocycles. The molecule has 0 radical (unpaired) electrons. The van der Waals surface area contributed by atoms with Crippen LogP contribution in [0.2, 0.25) is 0 Å². The Kier molecular flexibility index (Phi) is 8.13. The maximum absolute atomic E-state index is 6.57. The summed E-state index contributed by atoms with van der Waals surface area (Å²) in [5.74, 6) is 0.612. The number of para-hydroxylation sites is 3. The van der Waals surface area contributed by atoms with Crippen LogP contribution in [0.5, 0.6) is 0 Å². The zero-order chi connectivity index (χ0) is 40.3. The van der Waals surface area contributed by atoms with E-state index < -0.39 is 0 Å². The molecule has 4 nitrogen and oxygen atoms in total. The monoisotopic (exact) mass is 779 g/mol. The molecule has 0 bridgehead atoms. The molecular formula is C57H37N3O. The van der Waals surface area contributed by atoms with Crippen molar-refractivity contribution >= 4 is 71.5 Å². The topological polar surface area (TPSA) is 34.2 Å². The van der Waals surface area contributed by atoms with Crippen LogP contribution < -0.4 is 4.90 Å². The lowest BCUT2D eigenvalue weighted by Gasteiger charge is -2.28. The van der Waals surface area contributed by atoms with Crippen LogP contribution in [0.1, 0.15) is 0 Å². The number of aromatic nitrogens is 2. The first-order valence-electron chi connectivity index (χ1n) is 20.7. The lowest BCUT2D eigenvalue weighted by molar-refractivity contribution is 0.621. The second-order valence-corrected chi connectivity index (χ2v) is 15.5. The Hall–Kier alpha value is -8.21. The highest BCUT2D eigenvalue weighted by Crippen LogP contribution is 2.48. The molecule has 4 heteroatoms. The van der Waals surface area contributed by atoms with Crippen molar-refractivity contribution < 1.29 is 4.42 Å². The lowest BCUT2D eigenvalue weighted by Crippen LogP contribution is -2.11. The summed E-state index contributed by atoms with van der Waals surface area (Å²) in [6.45, 7) is 0. The van der Waals surface area contributed by atoms with Crippen LogP contribution in [0.15, 0.2) is 229 Å². The van der Waals surface area contributed by atoms with Crippen LogP contribution >= 0.6 is 0 Å². The minimum Gasteiger partial charge on any atom is -0.435 e. The van der Waals surface area contributed by atoms with Crippen molar-refractivity contribution in [3.8, 4) is 39.4 Å². The summed E-state index contributed by atoms with van der Waals surface area (Å²) in [6.07, 6.45) is 0. The van der Waals surface area contributed by atoms with Gasteiger partial charge in [0, 0.05) is 44.3 Å². The van der Waals surface area contributed by atoms with Gasteiger partial charge in [0.05, 0.1) is 16.7 Å². The average molecular weight is 780 g/mol. The molecule has 61 heavy (non-hydrogen) atoms. The van der Waals surface area contributed by atoms with E-state index in [-0.39, 0.29) is 0 Å². The minimum absolute atomic E-state index is 0.612. The zero-order valence-corrected chi connectivity index (χ0v) is 33.1. The van der Waals surface area contributed by atoms with Crippen LogP contribution in [-0.2, 0) is 0 Å². The minimum atomic E-state index is 0.612. The second kappa shape index (κ2) is 14.3. The van der Waals surface area contributed by atoms with E-state index in [4.69, 9.17) is 9.40 Å². The van der Waals surface area contributed by atoms with Crippen molar-refractivity contribution in [1.82, 2.24) is 9.55 Å². The quantitative estimate of drug-likeness (QED) is 0.162. The highest BCUT2D eigenvalue weighted by molar-refractivity contribution is 6.24. The molecule has 12 aromatic rings. The van der Waals surface area contributed by atoms with E-state index in [0.717, 1.165) is 56.1 Å². The Morgan fingerprint density at radius 3 is 1.90 bits per heavy atom. The largest absolute Gasteiger partial charge is 0.435 e. The molecule has 0 unspecified atom stereocenters. The average Bonchev–Trinajstić information content (AvgIpc) is 3.93. The third kappa shape index (κ3) is 5.80. The van der Waals surface area contributed by atoms with E-state index in [1.807, 2.05) is 36.4 Å². The van der Waals surface area contributed by atoms with Crippen molar-refractivity contribution in [3.63, 3.8) is 0 Å². The summed E-state index contributed by atoms with van der Waals surface area (Å²) in [4.78, 5) is 7.35. The molecule has 10 aromatic carbocycles. The molecular weight excluding hydrogens is 743 g/mol. The van der Waals surface area contributed by atoms with Gasteiger partial charge in [-0.2, -0.15) is 0 Å². The number of fused-ring (bicyclic) bond motifs is 7. The Morgan fingerprint density at radius 2 is 1.07 bits per heavy atom. The summed E-state index contributed by atoms with van der Waals surface area (Å²) in [6, 6.07) is 80.1. The van der Waals surface area contributed by atoms with Crippen LogP contribution in [0.25, 0.3) is 93.8 Å². The molecule has 0 aliphatic rings. The van der Waals surface area contributed by atoms with E-state index >= 15 is 0 Å². The highest BCUT2D eigenvalue weighted by Gasteiger charge is 2.24. The number of anilines is 3. The maximum atomic E-state index is 6.57. The van der Waals surface area contributed by atoms with Crippen LogP contribution in [0, 0.1) is 0 Å². The van der Waals surface area contributed by atoms with Gasteiger partial charge in [0.15, 0.2) is 5.58 Å². The van der Waals surface area contributed by atoms with Gasteiger partial charge in [-0.1, -0.05) is 158 Å². The van der Waals surface area contributed by atoms with Gasteiger partial charge in [0.1, 0.15) is 5.52 Å². The van der Waals surface area contributed by atoms with Crippen molar-refractivity contribution in [2.45, 2.75) is 0 Å². The van der Waals surface area contributed by atoms with E-state index in [2.05, 4.69) is 198 Å². The smallest absolute Gasteiger partial charge is 0.227 e.